The van der Waals surface area contributed by atoms with Gasteiger partial charge in [-0.15, -0.1) is 0 Å². The van der Waals surface area contributed by atoms with Crippen LogP contribution in [0.2, 0.25) is 0 Å². The van der Waals surface area contributed by atoms with E-state index in [0.717, 1.165) is 45.3 Å². The lowest BCUT2D eigenvalue weighted by Crippen LogP contribution is -2.37. The van der Waals surface area contributed by atoms with Crippen molar-refractivity contribution in [3.8, 4) is 0 Å². The molecule has 0 saturated carbocycles. The fourth-order valence-corrected chi connectivity index (χ4v) is 2.85. The van der Waals surface area contributed by atoms with Crippen molar-refractivity contribution in [1.29, 1.82) is 0 Å². The summed E-state index contributed by atoms with van der Waals surface area (Å²) in [5.41, 5.74) is 2.80. The number of hydrogen-bond acceptors (Lipinski definition) is 2. The molecule has 3 nitrogen and oxygen atoms in total. The molecule has 0 amide bonds. The lowest BCUT2D eigenvalue weighted by Gasteiger charge is -2.29. The molecule has 1 saturated heterocycles. The lowest BCUT2D eigenvalue weighted by atomic mass is 9.97. The maximum atomic E-state index is 10.9. The van der Waals surface area contributed by atoms with E-state index < -0.39 is 5.97 Å². The second-order valence-corrected chi connectivity index (χ2v) is 5.77. The van der Waals surface area contributed by atoms with Crippen molar-refractivity contribution in [2.75, 3.05) is 19.6 Å². The van der Waals surface area contributed by atoms with E-state index in [1.165, 1.54) is 17.5 Å². The Morgan fingerprint density at radius 2 is 1.70 bits per heavy atom. The Kier molecular flexibility index (Phi) is 5.60. The van der Waals surface area contributed by atoms with Gasteiger partial charge in [-0.25, -0.2) is 0 Å². The molecule has 0 radical (unpaired) electrons. The van der Waals surface area contributed by atoms with Gasteiger partial charge in [0.05, 0.1) is 5.92 Å². The summed E-state index contributed by atoms with van der Waals surface area (Å²) >= 11 is 0. The van der Waals surface area contributed by atoms with Gasteiger partial charge in [-0.1, -0.05) is 37.6 Å². The summed E-state index contributed by atoms with van der Waals surface area (Å²) in [5.74, 6) is -0.754. The van der Waals surface area contributed by atoms with Crippen molar-refractivity contribution in [2.24, 2.45) is 5.92 Å². The highest BCUT2D eigenvalue weighted by Crippen LogP contribution is 2.17. The average Bonchev–Trinajstić information content (AvgIpc) is 2.47. The third-order valence-corrected chi connectivity index (χ3v) is 4.22. The Balaban J connectivity index is 1.74. The highest BCUT2D eigenvalue weighted by Gasteiger charge is 2.23. The van der Waals surface area contributed by atoms with E-state index in [2.05, 4.69) is 36.1 Å². The summed E-state index contributed by atoms with van der Waals surface area (Å²) in [7, 11) is 0. The summed E-state index contributed by atoms with van der Waals surface area (Å²) in [6, 6.07) is 8.93. The fourth-order valence-electron chi connectivity index (χ4n) is 2.85. The van der Waals surface area contributed by atoms with Crippen LogP contribution in [0.1, 0.15) is 37.3 Å². The van der Waals surface area contributed by atoms with Gasteiger partial charge in [-0.3, -0.25) is 4.79 Å². The minimum atomic E-state index is -0.629. The summed E-state index contributed by atoms with van der Waals surface area (Å²) < 4.78 is 0. The van der Waals surface area contributed by atoms with Crippen LogP contribution in [0, 0.1) is 5.92 Å². The average molecular weight is 275 g/mol. The molecule has 0 aliphatic carbocycles. The van der Waals surface area contributed by atoms with Crippen LogP contribution in [0.3, 0.4) is 0 Å². The molecule has 1 aliphatic heterocycles. The first-order valence-electron chi connectivity index (χ1n) is 7.72. The quantitative estimate of drug-likeness (QED) is 0.867. The van der Waals surface area contributed by atoms with Crippen molar-refractivity contribution in [3.63, 3.8) is 0 Å². The monoisotopic (exact) mass is 275 g/mol. The van der Waals surface area contributed by atoms with E-state index in [-0.39, 0.29) is 5.92 Å². The largest absolute Gasteiger partial charge is 0.481 e. The van der Waals surface area contributed by atoms with Gasteiger partial charge in [-0.2, -0.15) is 0 Å². The molecule has 1 aromatic rings. The Labute approximate surface area is 121 Å². The normalized spacial score (nSPS) is 17.2. The predicted octanol–water partition coefficient (Wildman–Crippen LogP) is 2.98. The number of aryl methyl sites for hydroxylation is 1. The zero-order valence-corrected chi connectivity index (χ0v) is 12.3. The van der Waals surface area contributed by atoms with Gasteiger partial charge < -0.3 is 10.0 Å². The topological polar surface area (TPSA) is 40.5 Å². The van der Waals surface area contributed by atoms with Gasteiger partial charge in [0, 0.05) is 6.54 Å². The first-order chi connectivity index (χ1) is 9.69. The maximum Gasteiger partial charge on any atom is 0.306 e. The van der Waals surface area contributed by atoms with Crippen LogP contribution in [-0.4, -0.2) is 35.6 Å². The Hall–Kier alpha value is -1.35. The number of benzene rings is 1. The van der Waals surface area contributed by atoms with E-state index in [4.69, 9.17) is 5.11 Å². The van der Waals surface area contributed by atoms with Crippen molar-refractivity contribution >= 4 is 5.97 Å². The zero-order valence-electron chi connectivity index (χ0n) is 12.3. The predicted molar refractivity (Wildman–Crippen MR) is 80.9 cm³/mol. The van der Waals surface area contributed by atoms with Gasteiger partial charge >= 0.3 is 5.97 Å². The number of likely N-dealkylation sites (tertiary alicyclic amines) is 1. The van der Waals surface area contributed by atoms with E-state index >= 15 is 0 Å². The van der Waals surface area contributed by atoms with Gasteiger partial charge in [0.1, 0.15) is 0 Å². The standard InChI is InChI=1S/C17H25NO2/c1-2-3-14-4-6-15(7-5-14)8-11-18-12-9-16(10-13-18)17(19)20/h4-7,16H,2-3,8-13H2,1H3,(H,19,20). The molecule has 0 bridgehead atoms. The van der Waals surface area contributed by atoms with Crippen LogP contribution >= 0.6 is 0 Å². The van der Waals surface area contributed by atoms with Gasteiger partial charge in [0.15, 0.2) is 0 Å². The van der Waals surface area contributed by atoms with Crippen LogP contribution in [0.15, 0.2) is 24.3 Å². The molecule has 0 unspecified atom stereocenters. The molecule has 2 rings (SSSR count). The number of carboxylic acid groups (broad SMARTS) is 1. The van der Waals surface area contributed by atoms with Crippen molar-refractivity contribution in [2.45, 2.75) is 39.0 Å². The summed E-state index contributed by atoms with van der Waals surface area (Å²) in [5, 5.41) is 8.98. The van der Waals surface area contributed by atoms with E-state index in [9.17, 15) is 4.79 Å². The Bertz CT molecular complexity index is 419. The van der Waals surface area contributed by atoms with E-state index in [1.54, 1.807) is 0 Å². The first kappa shape index (κ1) is 15.0. The molecule has 1 aromatic carbocycles. The number of piperidine rings is 1. The number of hydrogen-bond donors (Lipinski definition) is 1. The fraction of sp³-hybridized carbons (Fsp3) is 0.588. The summed E-state index contributed by atoms with van der Waals surface area (Å²) in [4.78, 5) is 13.3. The van der Waals surface area contributed by atoms with Gasteiger partial charge in [-0.05, 0) is 49.9 Å². The minimum Gasteiger partial charge on any atom is -0.481 e. The first-order valence-corrected chi connectivity index (χ1v) is 7.72. The number of nitrogens with zero attached hydrogens (tertiary/aromatic N) is 1. The molecule has 1 aliphatic rings. The van der Waals surface area contributed by atoms with Crippen molar-refractivity contribution in [1.82, 2.24) is 4.90 Å². The summed E-state index contributed by atoms with van der Waals surface area (Å²) in [6.07, 6.45) is 5.00. The molecular weight excluding hydrogens is 250 g/mol. The third-order valence-electron chi connectivity index (χ3n) is 4.22. The molecule has 0 aromatic heterocycles. The number of carboxylic acids is 1. The molecule has 20 heavy (non-hydrogen) atoms. The van der Waals surface area contributed by atoms with Crippen LogP contribution in [0.4, 0.5) is 0 Å². The lowest BCUT2D eigenvalue weighted by molar-refractivity contribution is -0.143. The molecule has 3 heteroatoms. The van der Waals surface area contributed by atoms with Crippen molar-refractivity contribution < 1.29 is 9.90 Å². The highest BCUT2D eigenvalue weighted by molar-refractivity contribution is 5.70. The van der Waals surface area contributed by atoms with Gasteiger partial charge in [0.2, 0.25) is 0 Å². The molecule has 1 fully saturated rings. The number of carbonyl (C=O) groups is 1. The van der Waals surface area contributed by atoms with E-state index in [1.807, 2.05) is 0 Å². The van der Waals surface area contributed by atoms with Gasteiger partial charge in [0.25, 0.3) is 0 Å². The molecule has 1 N–H and O–H groups in total. The molecule has 0 spiro atoms. The second-order valence-electron chi connectivity index (χ2n) is 5.77. The molecule has 1 heterocycles. The van der Waals surface area contributed by atoms with E-state index in [0.29, 0.717) is 0 Å². The second kappa shape index (κ2) is 7.44. The van der Waals surface area contributed by atoms with Crippen LogP contribution in [-0.2, 0) is 17.6 Å². The smallest absolute Gasteiger partial charge is 0.306 e. The Morgan fingerprint density at radius 3 is 2.20 bits per heavy atom. The Morgan fingerprint density at radius 1 is 1.15 bits per heavy atom. The number of rotatable bonds is 6. The summed E-state index contributed by atoms with van der Waals surface area (Å²) in [6.45, 7) is 5.09. The maximum absolute atomic E-state index is 10.9. The zero-order chi connectivity index (χ0) is 14.4. The molecule has 110 valence electrons. The molecular formula is C17H25NO2. The van der Waals surface area contributed by atoms with Crippen LogP contribution in [0.5, 0.6) is 0 Å². The SMILES string of the molecule is CCCc1ccc(CCN2CCC(C(=O)O)CC2)cc1. The minimum absolute atomic E-state index is 0.125. The highest BCUT2D eigenvalue weighted by atomic mass is 16.4. The molecule has 0 atom stereocenters. The number of aliphatic carboxylic acids is 1. The van der Waals surface area contributed by atoms with Crippen LogP contribution < -0.4 is 0 Å². The van der Waals surface area contributed by atoms with Crippen molar-refractivity contribution in [3.05, 3.63) is 35.4 Å². The third kappa shape index (κ3) is 4.34. The van der Waals surface area contributed by atoms with Crippen LogP contribution in [0.25, 0.3) is 0 Å².